The van der Waals surface area contributed by atoms with Crippen molar-refractivity contribution in [1.82, 2.24) is 15.3 Å². The first-order chi connectivity index (χ1) is 9.74. The molecule has 5 nitrogen and oxygen atoms in total. The highest BCUT2D eigenvalue weighted by Gasteiger charge is 2.15. The maximum absolute atomic E-state index is 11.7. The molecule has 0 bridgehead atoms. The number of benzene rings is 1. The van der Waals surface area contributed by atoms with Crippen LogP contribution < -0.4 is 16.3 Å². The predicted molar refractivity (Wildman–Crippen MR) is 82.6 cm³/mol. The van der Waals surface area contributed by atoms with Crippen LogP contribution >= 0.6 is 15.9 Å². The minimum Gasteiger partial charge on any atom is -0.339 e. The molecule has 0 radical (unpaired) electrons. The van der Waals surface area contributed by atoms with Gasteiger partial charge in [0.25, 0.3) is 0 Å². The van der Waals surface area contributed by atoms with E-state index in [-0.39, 0.29) is 5.69 Å². The Morgan fingerprint density at radius 2 is 2.00 bits per heavy atom. The van der Waals surface area contributed by atoms with Crippen LogP contribution in [0.5, 0.6) is 0 Å². The second kappa shape index (κ2) is 5.76. The van der Waals surface area contributed by atoms with Gasteiger partial charge < -0.3 is 15.6 Å². The first kappa shape index (κ1) is 13.3. The summed E-state index contributed by atoms with van der Waals surface area (Å²) in [6.07, 6.45) is 1.67. The molecule has 0 aliphatic carbocycles. The van der Waals surface area contributed by atoms with E-state index in [0.717, 1.165) is 47.3 Å². The average molecular weight is 335 g/mol. The van der Waals surface area contributed by atoms with Crippen LogP contribution in [0.1, 0.15) is 11.3 Å². The second-order valence-corrected chi connectivity index (χ2v) is 5.56. The molecular formula is C14H15BrN4O. The molecule has 3 N–H and O–H groups in total. The topological polar surface area (TPSA) is 69.8 Å². The van der Waals surface area contributed by atoms with E-state index in [2.05, 4.69) is 36.5 Å². The number of para-hydroxylation sites is 1. The van der Waals surface area contributed by atoms with E-state index in [1.165, 1.54) is 0 Å². The molecule has 6 heteroatoms. The molecule has 0 saturated carbocycles. The summed E-state index contributed by atoms with van der Waals surface area (Å²) >= 11 is 3.50. The number of aromatic amines is 1. The van der Waals surface area contributed by atoms with Gasteiger partial charge in [-0.1, -0.05) is 12.1 Å². The Bertz CT molecular complexity index is 683. The van der Waals surface area contributed by atoms with Gasteiger partial charge in [0.1, 0.15) is 5.82 Å². The van der Waals surface area contributed by atoms with E-state index < -0.39 is 0 Å². The predicted octanol–water partition coefficient (Wildman–Crippen LogP) is 1.96. The Labute approximate surface area is 125 Å². The minimum atomic E-state index is -0.305. The Kier molecular flexibility index (Phi) is 3.84. The van der Waals surface area contributed by atoms with Crippen molar-refractivity contribution in [3.8, 4) is 0 Å². The fraction of sp³-hybridized carbons (Fsp3) is 0.286. The van der Waals surface area contributed by atoms with E-state index in [1.807, 2.05) is 24.3 Å². The lowest BCUT2D eigenvalue weighted by atomic mass is 10.1. The maximum atomic E-state index is 11.7. The third-order valence-electron chi connectivity index (χ3n) is 3.35. The summed E-state index contributed by atoms with van der Waals surface area (Å²) in [7, 11) is 0. The summed E-state index contributed by atoms with van der Waals surface area (Å²) in [6.45, 7) is 1.77. The molecular weight excluding hydrogens is 320 g/mol. The number of hydrogen-bond donors (Lipinski definition) is 3. The number of halogens is 1. The third-order valence-corrected chi connectivity index (χ3v) is 4.04. The number of anilines is 2. The Morgan fingerprint density at radius 1 is 1.20 bits per heavy atom. The van der Waals surface area contributed by atoms with Crippen LogP contribution in [-0.4, -0.2) is 23.1 Å². The normalized spacial score (nSPS) is 14.4. The van der Waals surface area contributed by atoms with Crippen molar-refractivity contribution in [3.63, 3.8) is 0 Å². The number of nitrogens with zero attached hydrogens (tertiary/aromatic N) is 1. The van der Waals surface area contributed by atoms with Crippen LogP contribution in [0.3, 0.4) is 0 Å². The molecule has 0 fully saturated rings. The molecule has 3 rings (SSSR count). The first-order valence-corrected chi connectivity index (χ1v) is 7.37. The van der Waals surface area contributed by atoms with Crippen LogP contribution in [0.15, 0.2) is 33.5 Å². The molecule has 0 atom stereocenters. The SMILES string of the molecule is O=c1nc(Nc2ccccc2Br)c2c([nH]1)CCNCC2. The van der Waals surface area contributed by atoms with Crippen molar-refractivity contribution >= 4 is 27.4 Å². The van der Waals surface area contributed by atoms with E-state index in [4.69, 9.17) is 0 Å². The van der Waals surface area contributed by atoms with Crippen molar-refractivity contribution in [2.75, 3.05) is 18.4 Å². The van der Waals surface area contributed by atoms with Gasteiger partial charge in [0.2, 0.25) is 0 Å². The average Bonchev–Trinajstić information content (AvgIpc) is 2.66. The Hall–Kier alpha value is -1.66. The third kappa shape index (κ3) is 2.76. The molecule has 0 unspecified atom stereocenters. The molecule has 1 aliphatic rings. The van der Waals surface area contributed by atoms with E-state index in [1.54, 1.807) is 0 Å². The monoisotopic (exact) mass is 334 g/mol. The highest BCUT2D eigenvalue weighted by Crippen LogP contribution is 2.26. The van der Waals surface area contributed by atoms with Gasteiger partial charge in [-0.2, -0.15) is 4.98 Å². The lowest BCUT2D eigenvalue weighted by Crippen LogP contribution is -2.18. The lowest BCUT2D eigenvalue weighted by Gasteiger charge is -2.13. The van der Waals surface area contributed by atoms with Gasteiger partial charge in [-0.05, 0) is 41.0 Å². The van der Waals surface area contributed by atoms with Crippen molar-refractivity contribution in [2.24, 2.45) is 0 Å². The van der Waals surface area contributed by atoms with Crippen LogP contribution in [0.4, 0.5) is 11.5 Å². The number of hydrogen-bond acceptors (Lipinski definition) is 4. The lowest BCUT2D eigenvalue weighted by molar-refractivity contribution is 0.708. The zero-order chi connectivity index (χ0) is 13.9. The summed E-state index contributed by atoms with van der Waals surface area (Å²) in [4.78, 5) is 18.7. The Morgan fingerprint density at radius 3 is 2.85 bits per heavy atom. The van der Waals surface area contributed by atoms with Gasteiger partial charge in [-0.3, -0.25) is 0 Å². The molecule has 104 valence electrons. The molecule has 1 aliphatic heterocycles. The number of H-pyrrole nitrogens is 1. The highest BCUT2D eigenvalue weighted by molar-refractivity contribution is 9.10. The molecule has 2 aromatic rings. The first-order valence-electron chi connectivity index (χ1n) is 6.58. The maximum Gasteiger partial charge on any atom is 0.347 e. The largest absolute Gasteiger partial charge is 0.347 e. The highest BCUT2D eigenvalue weighted by atomic mass is 79.9. The molecule has 0 saturated heterocycles. The summed E-state index contributed by atoms with van der Waals surface area (Å²) < 4.78 is 0.947. The van der Waals surface area contributed by atoms with Gasteiger partial charge in [-0.25, -0.2) is 4.79 Å². The van der Waals surface area contributed by atoms with E-state index in [0.29, 0.717) is 5.82 Å². The molecule has 2 heterocycles. The summed E-state index contributed by atoms with van der Waals surface area (Å²) in [6, 6.07) is 7.80. The van der Waals surface area contributed by atoms with Gasteiger partial charge in [0.15, 0.2) is 0 Å². The molecule has 1 aromatic heterocycles. The van der Waals surface area contributed by atoms with E-state index in [9.17, 15) is 4.79 Å². The van der Waals surface area contributed by atoms with Crippen molar-refractivity contribution in [1.29, 1.82) is 0 Å². The number of aromatic nitrogens is 2. The molecule has 1 aromatic carbocycles. The van der Waals surface area contributed by atoms with Crippen LogP contribution in [-0.2, 0) is 12.8 Å². The Balaban J connectivity index is 2.03. The minimum absolute atomic E-state index is 0.305. The summed E-state index contributed by atoms with van der Waals surface area (Å²) in [5.41, 5.74) is 2.67. The fourth-order valence-corrected chi connectivity index (χ4v) is 2.76. The number of nitrogens with one attached hydrogen (secondary N) is 3. The smallest absolute Gasteiger partial charge is 0.339 e. The zero-order valence-electron chi connectivity index (χ0n) is 10.9. The van der Waals surface area contributed by atoms with Crippen molar-refractivity contribution in [2.45, 2.75) is 12.8 Å². The van der Waals surface area contributed by atoms with Crippen LogP contribution in [0, 0.1) is 0 Å². The van der Waals surface area contributed by atoms with Gasteiger partial charge in [0, 0.05) is 28.7 Å². The van der Waals surface area contributed by atoms with Gasteiger partial charge in [0.05, 0.1) is 5.69 Å². The second-order valence-electron chi connectivity index (χ2n) is 4.70. The van der Waals surface area contributed by atoms with Crippen LogP contribution in [0.2, 0.25) is 0 Å². The van der Waals surface area contributed by atoms with E-state index >= 15 is 0 Å². The molecule has 0 amide bonds. The summed E-state index contributed by atoms with van der Waals surface area (Å²) in [5, 5.41) is 6.59. The van der Waals surface area contributed by atoms with Crippen molar-refractivity contribution < 1.29 is 0 Å². The van der Waals surface area contributed by atoms with Crippen molar-refractivity contribution in [3.05, 3.63) is 50.5 Å². The number of fused-ring (bicyclic) bond motifs is 1. The standard InChI is InChI=1S/C14H15BrN4O/c15-10-3-1-2-4-12(10)17-13-9-5-7-16-8-6-11(9)18-14(20)19-13/h1-4,16H,5-8H2,(H2,17,18,19,20). The fourth-order valence-electron chi connectivity index (χ4n) is 2.37. The summed E-state index contributed by atoms with van der Waals surface area (Å²) in [5.74, 6) is 0.652. The van der Waals surface area contributed by atoms with Gasteiger partial charge in [-0.15, -0.1) is 0 Å². The van der Waals surface area contributed by atoms with Gasteiger partial charge >= 0.3 is 5.69 Å². The van der Waals surface area contributed by atoms with Crippen LogP contribution in [0.25, 0.3) is 0 Å². The number of rotatable bonds is 2. The quantitative estimate of drug-likeness (QED) is 0.785. The zero-order valence-corrected chi connectivity index (χ0v) is 12.5. The molecule has 20 heavy (non-hydrogen) atoms. The molecule has 0 spiro atoms.